The zero-order chi connectivity index (χ0) is 18.2. The number of ether oxygens (including phenoxy) is 2. The summed E-state index contributed by atoms with van der Waals surface area (Å²) in [7, 11) is 1.60. The van der Waals surface area contributed by atoms with Crippen LogP contribution in [0.3, 0.4) is 0 Å². The molecule has 2 saturated heterocycles. The van der Waals surface area contributed by atoms with Crippen LogP contribution in [0.4, 0.5) is 0 Å². The fraction of sp³-hybridized carbons (Fsp3) is 0.650. The molecule has 0 spiro atoms. The van der Waals surface area contributed by atoms with Gasteiger partial charge in [-0.2, -0.15) is 11.8 Å². The second kappa shape index (κ2) is 10.1. The summed E-state index contributed by atoms with van der Waals surface area (Å²) in [6.45, 7) is 3.10. The van der Waals surface area contributed by atoms with E-state index in [2.05, 4.69) is 22.0 Å². The van der Waals surface area contributed by atoms with E-state index in [0.717, 1.165) is 19.1 Å². The smallest absolute Gasteiger partial charge is 0.257 e. The average molecular weight is 379 g/mol. The number of nitrogens with one attached hydrogen (secondary N) is 1. The first-order valence-corrected chi connectivity index (χ1v) is 10.8. The largest absolute Gasteiger partial charge is 0.493 e. The fourth-order valence-corrected chi connectivity index (χ4v) is 4.92. The van der Waals surface area contributed by atoms with Crippen molar-refractivity contribution in [1.82, 2.24) is 10.2 Å². The predicted molar refractivity (Wildman–Crippen MR) is 106 cm³/mol. The van der Waals surface area contributed by atoms with E-state index in [0.29, 0.717) is 17.4 Å². The molecule has 144 valence electrons. The molecule has 1 unspecified atom stereocenters. The third kappa shape index (κ3) is 5.55. The molecule has 2 heterocycles. The highest BCUT2D eigenvalue weighted by atomic mass is 32.2. The molecule has 0 bridgehead atoms. The van der Waals surface area contributed by atoms with Crippen molar-refractivity contribution in [2.24, 2.45) is 5.92 Å². The minimum atomic E-state index is -0.0675. The number of nitrogens with zero attached hydrogens (tertiary/aromatic N) is 1. The number of amides is 1. The van der Waals surface area contributed by atoms with E-state index in [9.17, 15) is 4.79 Å². The molecule has 0 radical (unpaired) electrons. The number of piperidine rings is 1. The summed E-state index contributed by atoms with van der Waals surface area (Å²) in [5.74, 6) is 4.32. The van der Waals surface area contributed by atoms with Crippen LogP contribution in [-0.2, 0) is 4.79 Å². The normalized spacial score (nSPS) is 22.0. The molecule has 1 N–H and O–H groups in total. The van der Waals surface area contributed by atoms with Gasteiger partial charge in [0.1, 0.15) is 0 Å². The molecule has 0 aromatic heterocycles. The maximum absolute atomic E-state index is 12.1. The van der Waals surface area contributed by atoms with Crippen LogP contribution in [0.25, 0.3) is 0 Å². The number of carbonyl (C=O) groups is 1. The lowest BCUT2D eigenvalue weighted by atomic mass is 9.95. The van der Waals surface area contributed by atoms with Crippen molar-refractivity contribution in [3.05, 3.63) is 24.3 Å². The molecule has 2 aliphatic heterocycles. The molecule has 2 fully saturated rings. The van der Waals surface area contributed by atoms with Gasteiger partial charge in [0.05, 0.1) is 7.11 Å². The van der Waals surface area contributed by atoms with E-state index in [1.54, 1.807) is 7.11 Å². The number of para-hydroxylation sites is 2. The van der Waals surface area contributed by atoms with Crippen LogP contribution in [0.15, 0.2) is 24.3 Å². The van der Waals surface area contributed by atoms with E-state index in [-0.39, 0.29) is 12.5 Å². The molecule has 2 aliphatic rings. The zero-order valence-corrected chi connectivity index (χ0v) is 16.4. The van der Waals surface area contributed by atoms with E-state index in [1.807, 2.05) is 24.3 Å². The van der Waals surface area contributed by atoms with Crippen molar-refractivity contribution in [3.63, 3.8) is 0 Å². The van der Waals surface area contributed by atoms with Gasteiger partial charge in [-0.3, -0.25) is 9.69 Å². The van der Waals surface area contributed by atoms with Gasteiger partial charge >= 0.3 is 0 Å². The van der Waals surface area contributed by atoms with Gasteiger partial charge in [0, 0.05) is 19.1 Å². The van der Waals surface area contributed by atoms with Gasteiger partial charge in [-0.25, -0.2) is 0 Å². The summed E-state index contributed by atoms with van der Waals surface area (Å²) in [6, 6.07) is 8.15. The van der Waals surface area contributed by atoms with E-state index >= 15 is 0 Å². The summed E-state index contributed by atoms with van der Waals surface area (Å²) < 4.78 is 10.8. The van der Waals surface area contributed by atoms with Gasteiger partial charge in [-0.05, 0) is 61.8 Å². The minimum absolute atomic E-state index is 0.0245. The van der Waals surface area contributed by atoms with Gasteiger partial charge in [0.25, 0.3) is 5.91 Å². The zero-order valence-electron chi connectivity index (χ0n) is 15.6. The Labute approximate surface area is 160 Å². The molecule has 6 heteroatoms. The van der Waals surface area contributed by atoms with E-state index in [4.69, 9.17) is 9.47 Å². The minimum Gasteiger partial charge on any atom is -0.493 e. The number of hydrogen-bond acceptors (Lipinski definition) is 5. The quantitative estimate of drug-likeness (QED) is 0.791. The molecule has 1 amide bonds. The third-order valence-corrected chi connectivity index (χ3v) is 6.32. The van der Waals surface area contributed by atoms with Gasteiger partial charge in [-0.15, -0.1) is 0 Å². The highest BCUT2D eigenvalue weighted by Gasteiger charge is 2.27. The van der Waals surface area contributed by atoms with Crippen molar-refractivity contribution in [2.75, 3.05) is 44.9 Å². The fourth-order valence-electron chi connectivity index (χ4n) is 3.84. The lowest BCUT2D eigenvalue weighted by Gasteiger charge is -2.40. The number of methoxy groups -OCH3 is 1. The SMILES string of the molecule is COc1ccccc1OCC(=O)NCC1CCCN(C2CCSCC2)C1. The summed E-state index contributed by atoms with van der Waals surface area (Å²) in [5, 5.41) is 3.05. The van der Waals surface area contributed by atoms with E-state index in [1.165, 1.54) is 43.7 Å². The molecular weight excluding hydrogens is 348 g/mol. The number of benzene rings is 1. The number of thioether (sulfide) groups is 1. The van der Waals surface area contributed by atoms with Gasteiger partial charge in [-0.1, -0.05) is 12.1 Å². The molecule has 3 rings (SSSR count). The Kier molecular flexibility index (Phi) is 7.50. The van der Waals surface area contributed by atoms with Crippen LogP contribution in [-0.4, -0.2) is 61.7 Å². The summed E-state index contributed by atoms with van der Waals surface area (Å²) in [5.41, 5.74) is 0. The summed E-state index contributed by atoms with van der Waals surface area (Å²) in [6.07, 6.45) is 5.07. The molecule has 26 heavy (non-hydrogen) atoms. The second-order valence-corrected chi connectivity index (χ2v) is 8.32. The molecule has 0 saturated carbocycles. The Morgan fingerprint density at radius 1 is 1.23 bits per heavy atom. The highest BCUT2D eigenvalue weighted by molar-refractivity contribution is 7.99. The van der Waals surface area contributed by atoms with Crippen LogP contribution in [0.1, 0.15) is 25.7 Å². The van der Waals surface area contributed by atoms with Crippen LogP contribution in [0.5, 0.6) is 11.5 Å². The topological polar surface area (TPSA) is 50.8 Å². The summed E-state index contributed by atoms with van der Waals surface area (Å²) >= 11 is 2.08. The molecule has 1 atom stereocenters. The number of rotatable bonds is 7. The monoisotopic (exact) mass is 378 g/mol. The molecule has 1 aromatic rings. The maximum atomic E-state index is 12.1. The first kappa shape index (κ1) is 19.4. The van der Waals surface area contributed by atoms with Crippen molar-refractivity contribution in [3.8, 4) is 11.5 Å². The van der Waals surface area contributed by atoms with Crippen molar-refractivity contribution < 1.29 is 14.3 Å². The van der Waals surface area contributed by atoms with Crippen molar-refractivity contribution in [2.45, 2.75) is 31.7 Å². The Morgan fingerprint density at radius 3 is 2.77 bits per heavy atom. The molecule has 5 nitrogen and oxygen atoms in total. The molecule has 1 aromatic carbocycles. The van der Waals surface area contributed by atoms with Crippen LogP contribution < -0.4 is 14.8 Å². The van der Waals surface area contributed by atoms with Crippen molar-refractivity contribution >= 4 is 17.7 Å². The lowest BCUT2D eigenvalue weighted by molar-refractivity contribution is -0.123. The Hall–Kier alpha value is -1.40. The first-order valence-electron chi connectivity index (χ1n) is 9.60. The third-order valence-electron chi connectivity index (χ3n) is 5.27. The summed E-state index contributed by atoms with van der Waals surface area (Å²) in [4.78, 5) is 14.8. The second-order valence-electron chi connectivity index (χ2n) is 7.09. The van der Waals surface area contributed by atoms with Gasteiger partial charge in [0.15, 0.2) is 18.1 Å². The van der Waals surface area contributed by atoms with Crippen LogP contribution >= 0.6 is 11.8 Å². The van der Waals surface area contributed by atoms with Crippen LogP contribution in [0.2, 0.25) is 0 Å². The Bertz CT molecular complexity index is 578. The number of likely N-dealkylation sites (tertiary alicyclic amines) is 1. The van der Waals surface area contributed by atoms with Crippen molar-refractivity contribution in [1.29, 1.82) is 0 Å². The predicted octanol–water partition coefficient (Wildman–Crippen LogP) is 2.80. The average Bonchev–Trinajstić information content (AvgIpc) is 2.71. The standard InChI is InChI=1S/C20H30N2O3S/c1-24-18-6-2-3-7-19(18)25-15-20(23)21-13-16-5-4-10-22(14-16)17-8-11-26-12-9-17/h2-3,6-7,16-17H,4-5,8-15H2,1H3,(H,21,23). The Balaban J connectivity index is 1.39. The molecular formula is C20H30N2O3S. The maximum Gasteiger partial charge on any atom is 0.257 e. The Morgan fingerprint density at radius 2 is 2.00 bits per heavy atom. The number of hydrogen-bond donors (Lipinski definition) is 1. The first-order chi connectivity index (χ1) is 12.8. The molecule has 0 aliphatic carbocycles. The van der Waals surface area contributed by atoms with Gasteiger partial charge < -0.3 is 14.8 Å². The van der Waals surface area contributed by atoms with Crippen LogP contribution in [0, 0.1) is 5.92 Å². The highest BCUT2D eigenvalue weighted by Crippen LogP contribution is 2.27. The number of carbonyl (C=O) groups excluding carboxylic acids is 1. The van der Waals surface area contributed by atoms with Gasteiger partial charge in [0.2, 0.25) is 0 Å². The lowest BCUT2D eigenvalue weighted by Crippen LogP contribution is -2.47. The van der Waals surface area contributed by atoms with E-state index < -0.39 is 0 Å².